The normalized spacial score (nSPS) is 26.9. The number of para-hydroxylation sites is 1. The van der Waals surface area contributed by atoms with Crippen molar-refractivity contribution >= 4 is 0 Å². The Morgan fingerprint density at radius 1 is 1.25 bits per heavy atom. The first-order valence-corrected chi connectivity index (χ1v) is 7.67. The van der Waals surface area contributed by atoms with E-state index >= 15 is 0 Å². The van der Waals surface area contributed by atoms with Crippen LogP contribution >= 0.6 is 0 Å². The molecule has 1 fully saturated rings. The lowest BCUT2D eigenvalue weighted by Gasteiger charge is -2.42. The first-order valence-electron chi connectivity index (χ1n) is 7.67. The van der Waals surface area contributed by atoms with Gasteiger partial charge in [0.05, 0.1) is 25.3 Å². The van der Waals surface area contributed by atoms with E-state index in [9.17, 15) is 0 Å². The number of hydrogen-bond donors (Lipinski definition) is 1. The number of hydrogen-bond acceptors (Lipinski definition) is 4. The van der Waals surface area contributed by atoms with E-state index in [1.54, 1.807) is 0 Å². The van der Waals surface area contributed by atoms with Crippen molar-refractivity contribution in [1.82, 2.24) is 10.2 Å². The summed E-state index contributed by atoms with van der Waals surface area (Å²) < 4.78 is 11.5. The van der Waals surface area contributed by atoms with Crippen LogP contribution in [-0.4, -0.2) is 50.4 Å². The second-order valence-electron chi connectivity index (χ2n) is 5.50. The van der Waals surface area contributed by atoms with Gasteiger partial charge in [0.15, 0.2) is 0 Å². The van der Waals surface area contributed by atoms with E-state index in [1.807, 2.05) is 6.07 Å². The predicted molar refractivity (Wildman–Crippen MR) is 79.2 cm³/mol. The van der Waals surface area contributed by atoms with Crippen molar-refractivity contribution in [3.8, 4) is 5.75 Å². The molecular formula is C16H24N2O2. The van der Waals surface area contributed by atoms with E-state index in [1.165, 1.54) is 5.56 Å². The van der Waals surface area contributed by atoms with Crippen LogP contribution in [0.1, 0.15) is 24.9 Å². The van der Waals surface area contributed by atoms with Crippen LogP contribution < -0.4 is 10.1 Å². The van der Waals surface area contributed by atoms with Crippen molar-refractivity contribution in [1.29, 1.82) is 0 Å². The van der Waals surface area contributed by atoms with Gasteiger partial charge in [0, 0.05) is 18.7 Å². The van der Waals surface area contributed by atoms with Gasteiger partial charge in [-0.1, -0.05) is 25.1 Å². The lowest BCUT2D eigenvalue weighted by molar-refractivity contribution is -0.00960. The number of rotatable bonds is 4. The number of morpholine rings is 1. The van der Waals surface area contributed by atoms with Gasteiger partial charge in [-0.2, -0.15) is 0 Å². The fraction of sp³-hybridized carbons (Fsp3) is 0.625. The largest absolute Gasteiger partial charge is 0.492 e. The number of fused-ring (bicyclic) bond motifs is 1. The summed E-state index contributed by atoms with van der Waals surface area (Å²) in [4.78, 5) is 2.51. The molecule has 1 N–H and O–H groups in total. The van der Waals surface area contributed by atoms with Crippen molar-refractivity contribution in [3.63, 3.8) is 0 Å². The predicted octanol–water partition coefficient (Wildman–Crippen LogP) is 1.82. The van der Waals surface area contributed by atoms with Gasteiger partial charge in [-0.25, -0.2) is 0 Å². The topological polar surface area (TPSA) is 33.7 Å². The summed E-state index contributed by atoms with van der Waals surface area (Å²) in [6.45, 7) is 7.68. The average Bonchev–Trinajstić information content (AvgIpc) is 2.53. The molecule has 1 aromatic carbocycles. The Kier molecular flexibility index (Phi) is 4.55. The van der Waals surface area contributed by atoms with Crippen LogP contribution in [0.4, 0.5) is 0 Å². The molecule has 1 saturated heterocycles. The molecule has 0 aliphatic carbocycles. The van der Waals surface area contributed by atoms with Crippen LogP contribution in [0.5, 0.6) is 5.75 Å². The SMILES string of the molecule is CCCNC1c2ccccc2OCC1N1CCOCC1. The monoisotopic (exact) mass is 276 g/mol. The number of nitrogens with one attached hydrogen (secondary N) is 1. The highest BCUT2D eigenvalue weighted by molar-refractivity contribution is 5.38. The minimum atomic E-state index is 0.359. The third-order valence-corrected chi connectivity index (χ3v) is 4.18. The minimum Gasteiger partial charge on any atom is -0.492 e. The maximum absolute atomic E-state index is 5.98. The van der Waals surface area contributed by atoms with Crippen molar-refractivity contribution in [3.05, 3.63) is 29.8 Å². The Labute approximate surface area is 121 Å². The molecule has 4 heteroatoms. The van der Waals surface area contributed by atoms with Gasteiger partial charge >= 0.3 is 0 Å². The highest BCUT2D eigenvalue weighted by atomic mass is 16.5. The van der Waals surface area contributed by atoms with Gasteiger partial charge < -0.3 is 14.8 Å². The third kappa shape index (κ3) is 2.82. The standard InChI is InChI=1S/C16H24N2O2/c1-2-7-17-16-13-5-3-4-6-15(13)20-12-14(16)18-8-10-19-11-9-18/h3-6,14,16-17H,2,7-12H2,1H3. The zero-order valence-corrected chi connectivity index (χ0v) is 12.2. The fourth-order valence-corrected chi connectivity index (χ4v) is 3.12. The van der Waals surface area contributed by atoms with Crippen LogP contribution in [0.25, 0.3) is 0 Å². The lowest BCUT2D eigenvalue weighted by atomic mass is 9.94. The van der Waals surface area contributed by atoms with E-state index in [2.05, 4.69) is 35.3 Å². The number of nitrogens with zero attached hydrogens (tertiary/aromatic N) is 1. The van der Waals surface area contributed by atoms with Crippen LogP contribution in [0.15, 0.2) is 24.3 Å². The lowest BCUT2D eigenvalue weighted by Crippen LogP contribution is -2.53. The number of benzene rings is 1. The summed E-state index contributed by atoms with van der Waals surface area (Å²) in [5.74, 6) is 1.03. The molecule has 3 rings (SSSR count). The molecule has 0 radical (unpaired) electrons. The summed E-state index contributed by atoms with van der Waals surface area (Å²) in [7, 11) is 0. The molecule has 110 valence electrons. The molecule has 0 bridgehead atoms. The van der Waals surface area contributed by atoms with E-state index in [0.717, 1.165) is 51.6 Å². The summed E-state index contributed by atoms with van der Waals surface area (Å²) in [5.41, 5.74) is 1.30. The quantitative estimate of drug-likeness (QED) is 0.909. The first-order chi connectivity index (χ1) is 9.90. The maximum Gasteiger partial charge on any atom is 0.124 e. The van der Waals surface area contributed by atoms with Crippen LogP contribution in [-0.2, 0) is 4.74 Å². The summed E-state index contributed by atoms with van der Waals surface area (Å²) in [6.07, 6.45) is 1.15. The average molecular weight is 276 g/mol. The Balaban J connectivity index is 1.82. The van der Waals surface area contributed by atoms with Gasteiger partial charge in [-0.15, -0.1) is 0 Å². The summed E-state index contributed by atoms with van der Waals surface area (Å²) in [5, 5.41) is 3.71. The van der Waals surface area contributed by atoms with Gasteiger partial charge in [-0.3, -0.25) is 4.90 Å². The van der Waals surface area contributed by atoms with E-state index in [4.69, 9.17) is 9.47 Å². The molecule has 2 aliphatic heterocycles. The smallest absolute Gasteiger partial charge is 0.124 e. The molecule has 4 nitrogen and oxygen atoms in total. The zero-order chi connectivity index (χ0) is 13.8. The number of ether oxygens (including phenoxy) is 2. The fourth-order valence-electron chi connectivity index (χ4n) is 3.12. The third-order valence-electron chi connectivity index (χ3n) is 4.18. The molecule has 0 saturated carbocycles. The Bertz CT molecular complexity index is 432. The second-order valence-corrected chi connectivity index (χ2v) is 5.50. The highest BCUT2D eigenvalue weighted by Gasteiger charge is 2.34. The Hall–Kier alpha value is -1.10. The van der Waals surface area contributed by atoms with Gasteiger partial charge in [-0.05, 0) is 19.0 Å². The van der Waals surface area contributed by atoms with E-state index in [0.29, 0.717) is 12.1 Å². The molecule has 0 spiro atoms. The molecule has 2 heterocycles. The molecule has 0 amide bonds. The van der Waals surface area contributed by atoms with Gasteiger partial charge in [0.25, 0.3) is 0 Å². The summed E-state index contributed by atoms with van der Waals surface area (Å²) in [6, 6.07) is 9.18. The zero-order valence-electron chi connectivity index (χ0n) is 12.2. The molecule has 2 atom stereocenters. The Morgan fingerprint density at radius 3 is 2.85 bits per heavy atom. The van der Waals surface area contributed by atoms with Crippen LogP contribution in [0.3, 0.4) is 0 Å². The second kappa shape index (κ2) is 6.57. The molecule has 20 heavy (non-hydrogen) atoms. The minimum absolute atomic E-state index is 0.359. The van der Waals surface area contributed by atoms with Crippen molar-refractivity contribution < 1.29 is 9.47 Å². The molecule has 0 aromatic heterocycles. The molecule has 2 aliphatic rings. The van der Waals surface area contributed by atoms with Crippen LogP contribution in [0, 0.1) is 0 Å². The van der Waals surface area contributed by atoms with E-state index in [-0.39, 0.29) is 0 Å². The van der Waals surface area contributed by atoms with Gasteiger partial charge in [0.2, 0.25) is 0 Å². The first kappa shape index (κ1) is 13.9. The van der Waals surface area contributed by atoms with Crippen molar-refractivity contribution in [2.75, 3.05) is 39.5 Å². The summed E-state index contributed by atoms with van der Waals surface area (Å²) >= 11 is 0. The van der Waals surface area contributed by atoms with E-state index < -0.39 is 0 Å². The highest BCUT2D eigenvalue weighted by Crippen LogP contribution is 2.34. The van der Waals surface area contributed by atoms with Crippen molar-refractivity contribution in [2.45, 2.75) is 25.4 Å². The van der Waals surface area contributed by atoms with Gasteiger partial charge in [0.1, 0.15) is 12.4 Å². The van der Waals surface area contributed by atoms with Crippen molar-refractivity contribution in [2.24, 2.45) is 0 Å². The molecule has 2 unspecified atom stereocenters. The maximum atomic E-state index is 5.98. The molecule has 1 aromatic rings. The Morgan fingerprint density at radius 2 is 2.05 bits per heavy atom. The van der Waals surface area contributed by atoms with Crippen LogP contribution in [0.2, 0.25) is 0 Å². The molecular weight excluding hydrogens is 252 g/mol.